The molecule has 1 saturated carbocycles. The zero-order valence-corrected chi connectivity index (χ0v) is 14.4. The molecule has 2 atom stereocenters. The van der Waals surface area contributed by atoms with Gasteiger partial charge in [0.1, 0.15) is 5.69 Å². The van der Waals surface area contributed by atoms with Gasteiger partial charge < -0.3 is 4.98 Å². The monoisotopic (exact) mass is 366 g/mol. The molecule has 2 aromatic heterocycles. The number of nitrogens with one attached hydrogen (secondary N) is 2. The van der Waals surface area contributed by atoms with Crippen molar-refractivity contribution in [2.24, 2.45) is 5.92 Å². The van der Waals surface area contributed by atoms with Gasteiger partial charge in [0, 0.05) is 6.20 Å². The summed E-state index contributed by atoms with van der Waals surface area (Å²) in [5.74, 6) is 0.622. The maximum atomic E-state index is 12.0. The first-order chi connectivity index (χ1) is 12.6. The first-order valence-corrected chi connectivity index (χ1v) is 8.58. The summed E-state index contributed by atoms with van der Waals surface area (Å²) in [6, 6.07) is 11.9. The number of H-pyrrole nitrogens is 2. The lowest BCUT2D eigenvalue weighted by Crippen LogP contribution is -2.23. The number of halogens is 1. The Kier molecular flexibility index (Phi) is 4.26. The second-order valence-corrected chi connectivity index (χ2v) is 6.60. The largest absolute Gasteiger partial charge is 0.325 e. The minimum absolute atomic E-state index is 0.249. The van der Waals surface area contributed by atoms with Crippen molar-refractivity contribution >= 4 is 17.7 Å². The summed E-state index contributed by atoms with van der Waals surface area (Å²) in [5, 5.41) is 8.31. The number of aromatic nitrogens is 4. The second-order valence-electron chi connectivity index (χ2n) is 6.24. The van der Waals surface area contributed by atoms with Crippen molar-refractivity contribution in [3.63, 3.8) is 0 Å². The molecule has 1 aliphatic rings. The van der Waals surface area contributed by atoms with Crippen LogP contribution in [-0.2, 0) is 0 Å². The van der Waals surface area contributed by atoms with E-state index in [0.717, 1.165) is 17.5 Å². The van der Waals surface area contributed by atoms with Crippen molar-refractivity contribution in [3.05, 3.63) is 85.8 Å². The molecule has 26 heavy (non-hydrogen) atoms. The van der Waals surface area contributed by atoms with Crippen LogP contribution >= 0.6 is 11.6 Å². The van der Waals surface area contributed by atoms with Crippen LogP contribution in [0.4, 0.5) is 0 Å². The predicted octanol–water partition coefficient (Wildman–Crippen LogP) is 2.99. The fraction of sp³-hybridized carbons (Fsp3) is 0.158. The van der Waals surface area contributed by atoms with Gasteiger partial charge in [0.25, 0.3) is 5.56 Å². The maximum absolute atomic E-state index is 12.0. The smallest absolute Gasteiger partial charge is 0.313 e. The number of rotatable bonds is 4. The topological polar surface area (TPSA) is 91.5 Å². The van der Waals surface area contributed by atoms with Gasteiger partial charge in [-0.2, -0.15) is 0 Å². The molecule has 2 N–H and O–H groups in total. The Balaban J connectivity index is 1.59. The second kappa shape index (κ2) is 6.72. The van der Waals surface area contributed by atoms with Gasteiger partial charge in [-0.15, -0.1) is 10.2 Å². The number of hydrogen-bond acceptors (Lipinski definition) is 4. The molecule has 0 unspecified atom stereocenters. The van der Waals surface area contributed by atoms with Gasteiger partial charge in [-0.3, -0.25) is 9.78 Å². The van der Waals surface area contributed by atoms with Crippen LogP contribution in [0.1, 0.15) is 23.5 Å². The van der Waals surface area contributed by atoms with E-state index in [2.05, 4.69) is 44.5 Å². The van der Waals surface area contributed by atoms with E-state index in [0.29, 0.717) is 16.8 Å². The molecule has 2 heterocycles. The van der Waals surface area contributed by atoms with Gasteiger partial charge in [0.15, 0.2) is 5.15 Å². The van der Waals surface area contributed by atoms with E-state index in [1.54, 1.807) is 6.07 Å². The Morgan fingerprint density at radius 1 is 1.15 bits per heavy atom. The Bertz CT molecular complexity index is 1090. The summed E-state index contributed by atoms with van der Waals surface area (Å²) >= 11 is 6.22. The van der Waals surface area contributed by atoms with E-state index < -0.39 is 11.2 Å². The minimum Gasteiger partial charge on any atom is -0.313 e. The fourth-order valence-corrected chi connectivity index (χ4v) is 3.20. The third-order valence-corrected chi connectivity index (χ3v) is 4.74. The Morgan fingerprint density at radius 3 is 2.73 bits per heavy atom. The van der Waals surface area contributed by atoms with E-state index in [-0.39, 0.29) is 11.5 Å². The molecule has 3 aromatic rings. The third-order valence-electron chi connectivity index (χ3n) is 4.45. The molecule has 130 valence electrons. The van der Waals surface area contributed by atoms with Gasteiger partial charge >= 0.3 is 5.69 Å². The fourth-order valence-electron chi connectivity index (χ4n) is 2.97. The molecular formula is C19H15ClN4O2. The summed E-state index contributed by atoms with van der Waals surface area (Å²) < 4.78 is 0. The lowest BCUT2D eigenvalue weighted by molar-refractivity contribution is 0.947. The van der Waals surface area contributed by atoms with Crippen LogP contribution in [0, 0.1) is 5.92 Å². The zero-order chi connectivity index (χ0) is 18.1. The van der Waals surface area contributed by atoms with Crippen molar-refractivity contribution in [1.82, 2.24) is 20.2 Å². The van der Waals surface area contributed by atoms with Crippen LogP contribution in [0.25, 0.3) is 17.3 Å². The van der Waals surface area contributed by atoms with Crippen LogP contribution in [-0.4, -0.2) is 20.2 Å². The molecule has 4 rings (SSSR count). The number of allylic oxidation sites excluding steroid dienone is 1. The predicted molar refractivity (Wildman–Crippen MR) is 100 cm³/mol. The highest BCUT2D eigenvalue weighted by atomic mass is 35.5. The quantitative estimate of drug-likeness (QED) is 0.742. The molecule has 0 radical (unpaired) electrons. The average molecular weight is 367 g/mol. The minimum atomic E-state index is -0.561. The molecule has 7 heteroatoms. The average Bonchev–Trinajstić information content (AvgIpc) is 3.41. The lowest BCUT2D eigenvalue weighted by atomic mass is 10.1. The van der Waals surface area contributed by atoms with Crippen molar-refractivity contribution in [2.75, 3.05) is 0 Å². The molecule has 0 spiro atoms. The van der Waals surface area contributed by atoms with Crippen LogP contribution in [0.15, 0.2) is 58.3 Å². The lowest BCUT2D eigenvalue weighted by Gasteiger charge is -2.04. The first kappa shape index (κ1) is 16.5. The summed E-state index contributed by atoms with van der Waals surface area (Å²) in [7, 11) is 0. The Morgan fingerprint density at radius 2 is 1.96 bits per heavy atom. The van der Waals surface area contributed by atoms with E-state index in [9.17, 15) is 9.59 Å². The first-order valence-electron chi connectivity index (χ1n) is 8.20. The third kappa shape index (κ3) is 3.36. The normalized spacial score (nSPS) is 19.0. The van der Waals surface area contributed by atoms with Gasteiger partial charge in [-0.25, -0.2) is 4.79 Å². The molecule has 0 aliphatic heterocycles. The molecule has 0 amide bonds. The number of aromatic amines is 2. The van der Waals surface area contributed by atoms with Gasteiger partial charge in [0.2, 0.25) is 0 Å². The number of hydrogen-bond donors (Lipinski definition) is 2. The van der Waals surface area contributed by atoms with Gasteiger partial charge in [0.05, 0.1) is 5.56 Å². The molecule has 1 aromatic carbocycles. The molecule has 0 saturated heterocycles. The summed E-state index contributed by atoms with van der Waals surface area (Å²) in [5.41, 5.74) is 1.59. The van der Waals surface area contributed by atoms with Crippen LogP contribution < -0.4 is 11.2 Å². The van der Waals surface area contributed by atoms with Crippen molar-refractivity contribution < 1.29 is 0 Å². The Hall–Kier alpha value is -2.99. The highest BCUT2D eigenvalue weighted by Gasteiger charge is 2.38. The molecule has 0 bridgehead atoms. The highest BCUT2D eigenvalue weighted by Crippen LogP contribution is 2.50. The summed E-state index contributed by atoms with van der Waals surface area (Å²) in [6.07, 6.45) is 6.57. The maximum Gasteiger partial charge on any atom is 0.325 e. The Labute approximate surface area is 153 Å². The van der Waals surface area contributed by atoms with Crippen molar-refractivity contribution in [3.8, 4) is 11.3 Å². The highest BCUT2D eigenvalue weighted by molar-refractivity contribution is 6.30. The standard InChI is InChI=1S/C19H15ClN4O2/c20-17-14(13-8-12(13)7-6-11-4-2-1-3-5-11)9-16(23-24-17)15-10-21-19(26)22-18(15)25/h1-7,9-10,12-13H,8H2,(H2,21,22,25,26)/b7-6+/t12-,13-/m0/s1. The number of benzene rings is 1. The van der Waals surface area contributed by atoms with Crippen molar-refractivity contribution in [2.45, 2.75) is 12.3 Å². The molecule has 1 aliphatic carbocycles. The SMILES string of the molecule is O=c1[nH]cc(-c2cc([C@H]3C[C@@H]3/C=C/c3ccccc3)c(Cl)nn2)c(=O)[nH]1. The van der Waals surface area contributed by atoms with Crippen LogP contribution in [0.2, 0.25) is 5.15 Å². The molecule has 1 fully saturated rings. The number of nitrogens with zero attached hydrogens (tertiary/aromatic N) is 2. The molecule has 6 nitrogen and oxygen atoms in total. The van der Waals surface area contributed by atoms with E-state index >= 15 is 0 Å². The zero-order valence-electron chi connectivity index (χ0n) is 13.6. The molecular weight excluding hydrogens is 352 g/mol. The van der Waals surface area contributed by atoms with E-state index in [1.807, 2.05) is 18.2 Å². The van der Waals surface area contributed by atoms with Gasteiger partial charge in [-0.05, 0) is 35.4 Å². The summed E-state index contributed by atoms with van der Waals surface area (Å²) in [4.78, 5) is 27.8. The van der Waals surface area contributed by atoms with Gasteiger partial charge in [-0.1, -0.05) is 54.1 Å². The van der Waals surface area contributed by atoms with Crippen molar-refractivity contribution in [1.29, 1.82) is 0 Å². The van der Waals surface area contributed by atoms with Crippen LogP contribution in [0.3, 0.4) is 0 Å². The van der Waals surface area contributed by atoms with Crippen LogP contribution in [0.5, 0.6) is 0 Å². The van der Waals surface area contributed by atoms with E-state index in [4.69, 9.17) is 11.6 Å². The summed E-state index contributed by atoms with van der Waals surface area (Å²) in [6.45, 7) is 0. The van der Waals surface area contributed by atoms with E-state index in [1.165, 1.54) is 6.20 Å².